The van der Waals surface area contributed by atoms with Crippen molar-refractivity contribution in [2.45, 2.75) is 26.8 Å². The smallest absolute Gasteiger partial charge is 0.123 e. The summed E-state index contributed by atoms with van der Waals surface area (Å²) in [5, 5.41) is 3.23. The number of rotatable bonds is 5. The van der Waals surface area contributed by atoms with E-state index < -0.39 is 0 Å². The number of halogens is 1. The molecule has 1 heterocycles. The number of aryl methyl sites for hydroxylation is 1. The fourth-order valence-corrected chi connectivity index (χ4v) is 2.01. The van der Waals surface area contributed by atoms with Gasteiger partial charge in [0, 0.05) is 25.4 Å². The predicted molar refractivity (Wildman–Crippen MR) is 70.3 cm³/mol. The lowest BCUT2D eigenvalue weighted by Gasteiger charge is -2.13. The lowest BCUT2D eigenvalue weighted by atomic mass is 10.1. The van der Waals surface area contributed by atoms with E-state index in [4.69, 9.17) is 0 Å². The second-order valence-corrected chi connectivity index (χ2v) is 4.12. The molecule has 0 fully saturated rings. The van der Waals surface area contributed by atoms with Crippen LogP contribution in [0, 0.1) is 5.82 Å². The third-order valence-corrected chi connectivity index (χ3v) is 2.90. The lowest BCUT2D eigenvalue weighted by Crippen LogP contribution is -2.14. The molecule has 2 aromatic rings. The van der Waals surface area contributed by atoms with E-state index in [1.165, 1.54) is 6.07 Å². The van der Waals surface area contributed by atoms with Crippen molar-refractivity contribution in [2.24, 2.45) is 0 Å². The third kappa shape index (κ3) is 2.59. The van der Waals surface area contributed by atoms with E-state index in [1.54, 1.807) is 12.3 Å². The highest BCUT2D eigenvalue weighted by molar-refractivity contribution is 5.42. The Kier molecular flexibility index (Phi) is 4.10. The summed E-state index contributed by atoms with van der Waals surface area (Å²) >= 11 is 0. The molecule has 0 saturated heterocycles. The van der Waals surface area contributed by atoms with Crippen LogP contribution >= 0.6 is 0 Å². The molecule has 0 amide bonds. The van der Waals surface area contributed by atoms with Gasteiger partial charge >= 0.3 is 0 Å². The Morgan fingerprint density at radius 1 is 1.33 bits per heavy atom. The summed E-state index contributed by atoms with van der Waals surface area (Å²) < 4.78 is 15.4. The van der Waals surface area contributed by atoms with Gasteiger partial charge < -0.3 is 9.88 Å². The summed E-state index contributed by atoms with van der Waals surface area (Å²) in [6, 6.07) is 4.88. The Hall–Kier alpha value is -1.68. The van der Waals surface area contributed by atoms with Crippen LogP contribution < -0.4 is 5.32 Å². The van der Waals surface area contributed by atoms with Crippen molar-refractivity contribution in [2.75, 3.05) is 6.54 Å². The second kappa shape index (κ2) is 5.78. The Balaban J connectivity index is 2.43. The summed E-state index contributed by atoms with van der Waals surface area (Å²) in [4.78, 5) is 4.30. The first kappa shape index (κ1) is 12.8. The molecule has 96 valence electrons. The zero-order valence-corrected chi connectivity index (χ0v) is 10.8. The summed E-state index contributed by atoms with van der Waals surface area (Å²) in [6.45, 7) is 5.62. The van der Waals surface area contributed by atoms with Gasteiger partial charge in [-0.2, -0.15) is 0 Å². The van der Waals surface area contributed by atoms with Crippen LogP contribution in [0.3, 0.4) is 0 Å². The summed E-state index contributed by atoms with van der Waals surface area (Å²) in [5.41, 5.74) is 1.94. The van der Waals surface area contributed by atoms with Crippen molar-refractivity contribution in [3.05, 3.63) is 47.8 Å². The topological polar surface area (TPSA) is 29.9 Å². The molecule has 1 N–H and O–H groups in total. The van der Waals surface area contributed by atoms with E-state index in [2.05, 4.69) is 17.2 Å². The van der Waals surface area contributed by atoms with Crippen LogP contribution in [0.1, 0.15) is 25.2 Å². The monoisotopic (exact) mass is 247 g/mol. The molecule has 0 atom stereocenters. The van der Waals surface area contributed by atoms with Gasteiger partial charge in [0.2, 0.25) is 0 Å². The number of hydrogen-bond donors (Lipinski definition) is 1. The van der Waals surface area contributed by atoms with Crippen molar-refractivity contribution in [1.29, 1.82) is 0 Å². The normalized spacial score (nSPS) is 10.8. The van der Waals surface area contributed by atoms with Crippen molar-refractivity contribution in [3.63, 3.8) is 0 Å². The van der Waals surface area contributed by atoms with Crippen molar-refractivity contribution >= 4 is 0 Å². The fraction of sp³-hybridized carbons (Fsp3) is 0.357. The molecule has 3 nitrogen and oxygen atoms in total. The molecular formula is C14H18FN3. The SMILES string of the molecule is CCNCc1cc(F)ccc1-n1ccnc1CC. The quantitative estimate of drug-likeness (QED) is 0.880. The van der Waals surface area contributed by atoms with Gasteiger partial charge in [-0.15, -0.1) is 0 Å². The van der Waals surface area contributed by atoms with Crippen molar-refractivity contribution in [1.82, 2.24) is 14.9 Å². The molecule has 0 aliphatic rings. The molecule has 0 saturated carbocycles. The van der Waals surface area contributed by atoms with E-state index >= 15 is 0 Å². The van der Waals surface area contributed by atoms with Crippen LogP contribution in [0.15, 0.2) is 30.6 Å². The molecule has 1 aromatic carbocycles. The highest BCUT2D eigenvalue weighted by Gasteiger charge is 2.09. The molecule has 0 aliphatic carbocycles. The number of benzene rings is 1. The van der Waals surface area contributed by atoms with Gasteiger partial charge in [-0.1, -0.05) is 13.8 Å². The highest BCUT2D eigenvalue weighted by atomic mass is 19.1. The highest BCUT2D eigenvalue weighted by Crippen LogP contribution is 2.18. The summed E-state index contributed by atoms with van der Waals surface area (Å²) in [7, 11) is 0. The lowest BCUT2D eigenvalue weighted by molar-refractivity contribution is 0.620. The molecule has 2 rings (SSSR count). The summed E-state index contributed by atoms with van der Waals surface area (Å²) in [6.07, 6.45) is 4.55. The maximum absolute atomic E-state index is 13.3. The number of nitrogens with zero attached hydrogens (tertiary/aromatic N) is 2. The first-order chi connectivity index (χ1) is 8.76. The fourth-order valence-electron chi connectivity index (χ4n) is 2.01. The van der Waals surface area contributed by atoms with E-state index in [0.29, 0.717) is 6.54 Å². The molecule has 0 spiro atoms. The maximum Gasteiger partial charge on any atom is 0.123 e. The Bertz CT molecular complexity index is 520. The zero-order valence-electron chi connectivity index (χ0n) is 10.8. The van der Waals surface area contributed by atoms with Crippen LogP contribution in [-0.4, -0.2) is 16.1 Å². The van der Waals surface area contributed by atoms with Gasteiger partial charge in [-0.05, 0) is 30.3 Å². The molecule has 4 heteroatoms. The van der Waals surface area contributed by atoms with Crippen LogP contribution in [0.2, 0.25) is 0 Å². The van der Waals surface area contributed by atoms with E-state index in [0.717, 1.165) is 30.0 Å². The maximum atomic E-state index is 13.3. The first-order valence-electron chi connectivity index (χ1n) is 6.28. The average Bonchev–Trinajstić information content (AvgIpc) is 2.84. The van der Waals surface area contributed by atoms with Gasteiger partial charge in [-0.25, -0.2) is 9.37 Å². The van der Waals surface area contributed by atoms with Gasteiger partial charge in [0.05, 0.1) is 5.69 Å². The minimum absolute atomic E-state index is 0.204. The molecule has 0 unspecified atom stereocenters. The Labute approximate surface area is 107 Å². The van der Waals surface area contributed by atoms with E-state index in [9.17, 15) is 4.39 Å². The zero-order chi connectivity index (χ0) is 13.0. The van der Waals surface area contributed by atoms with Gasteiger partial charge in [0.1, 0.15) is 11.6 Å². The molecule has 0 aliphatic heterocycles. The van der Waals surface area contributed by atoms with Gasteiger partial charge in [-0.3, -0.25) is 0 Å². The summed E-state index contributed by atoms with van der Waals surface area (Å²) in [5.74, 6) is 0.782. The van der Waals surface area contributed by atoms with Crippen molar-refractivity contribution < 1.29 is 4.39 Å². The van der Waals surface area contributed by atoms with Crippen molar-refractivity contribution in [3.8, 4) is 5.69 Å². The molecule has 1 aromatic heterocycles. The largest absolute Gasteiger partial charge is 0.313 e. The number of hydrogen-bond acceptors (Lipinski definition) is 2. The van der Waals surface area contributed by atoms with Crippen LogP contribution in [-0.2, 0) is 13.0 Å². The van der Waals surface area contributed by atoms with Crippen LogP contribution in [0.25, 0.3) is 5.69 Å². The molecule has 0 radical (unpaired) electrons. The Morgan fingerprint density at radius 2 is 2.17 bits per heavy atom. The second-order valence-electron chi connectivity index (χ2n) is 4.12. The molecular weight excluding hydrogens is 229 g/mol. The Morgan fingerprint density at radius 3 is 2.89 bits per heavy atom. The predicted octanol–water partition coefficient (Wildman–Crippen LogP) is 2.68. The number of imidazole rings is 1. The average molecular weight is 247 g/mol. The van der Waals surface area contributed by atoms with Gasteiger partial charge in [0.25, 0.3) is 0 Å². The molecule has 18 heavy (non-hydrogen) atoms. The first-order valence-corrected chi connectivity index (χ1v) is 6.28. The van der Waals surface area contributed by atoms with E-state index in [-0.39, 0.29) is 5.82 Å². The van der Waals surface area contributed by atoms with E-state index in [1.807, 2.05) is 23.8 Å². The van der Waals surface area contributed by atoms with Crippen LogP contribution in [0.4, 0.5) is 4.39 Å². The minimum atomic E-state index is -0.204. The number of nitrogens with one attached hydrogen (secondary N) is 1. The van der Waals surface area contributed by atoms with Crippen LogP contribution in [0.5, 0.6) is 0 Å². The third-order valence-electron chi connectivity index (χ3n) is 2.90. The van der Waals surface area contributed by atoms with Gasteiger partial charge in [0.15, 0.2) is 0 Å². The molecule has 0 bridgehead atoms. The minimum Gasteiger partial charge on any atom is -0.313 e. The standard InChI is InChI=1S/C14H18FN3/c1-3-14-17-7-8-18(14)13-6-5-12(15)9-11(13)10-16-4-2/h5-9,16H,3-4,10H2,1-2H3. The number of aromatic nitrogens is 2.